The van der Waals surface area contributed by atoms with Gasteiger partial charge in [0.05, 0.1) is 23.2 Å². The Hall–Kier alpha value is -1.20. The number of benzene rings is 1. The lowest BCUT2D eigenvalue weighted by atomic mass is 9.93. The van der Waals surface area contributed by atoms with E-state index in [-0.39, 0.29) is 23.6 Å². The smallest absolute Gasteiger partial charge is 0.383 e. The van der Waals surface area contributed by atoms with E-state index >= 15 is 0 Å². The molecule has 1 aromatic rings. The van der Waals surface area contributed by atoms with Crippen molar-refractivity contribution in [3.05, 3.63) is 29.8 Å². The van der Waals surface area contributed by atoms with E-state index in [9.17, 15) is 21.6 Å². The minimum absolute atomic E-state index is 0.104. The van der Waals surface area contributed by atoms with Gasteiger partial charge in [-0.15, -0.1) is 0 Å². The summed E-state index contributed by atoms with van der Waals surface area (Å²) < 4.78 is 77.2. The van der Waals surface area contributed by atoms with E-state index in [2.05, 4.69) is 11.8 Å². The highest BCUT2D eigenvalue weighted by Gasteiger charge is 2.35. The molecule has 0 N–H and O–H groups in total. The SMILES string of the molecule is CCN(CCCCO[C@H]1CC[C@H](N(CC)S(=O)(=O)c2ccc(C(F)(F)F)cc2)CC1)CCOC. The van der Waals surface area contributed by atoms with Gasteiger partial charge in [-0.3, -0.25) is 0 Å². The molecule has 0 unspecified atom stereocenters. The molecule has 0 bridgehead atoms. The monoisotopic (exact) mass is 508 g/mol. The maximum absolute atomic E-state index is 13.1. The molecule has 1 aromatic carbocycles. The van der Waals surface area contributed by atoms with Gasteiger partial charge < -0.3 is 14.4 Å². The number of hydrogen-bond acceptors (Lipinski definition) is 5. The third-order valence-corrected chi connectivity index (χ3v) is 8.47. The maximum Gasteiger partial charge on any atom is 0.416 e. The Kier molecular flexibility index (Phi) is 11.8. The molecule has 1 fully saturated rings. The van der Waals surface area contributed by atoms with Crippen molar-refractivity contribution in [1.29, 1.82) is 0 Å². The lowest BCUT2D eigenvalue weighted by molar-refractivity contribution is -0.137. The standard InChI is InChI=1S/C24H39F3N2O4S/c1-4-28(17-19-32-3)16-6-7-18-33-22-12-10-21(11-13-22)29(5-2)34(30,31)23-14-8-20(9-15-23)24(25,26)27/h8-9,14-15,21-22H,4-7,10-13,16-19H2,1-3H3/t21-,22-. The fourth-order valence-electron chi connectivity index (χ4n) is 4.41. The lowest BCUT2D eigenvalue weighted by Crippen LogP contribution is -2.43. The van der Waals surface area contributed by atoms with Crippen LogP contribution in [0.1, 0.15) is 57.9 Å². The van der Waals surface area contributed by atoms with E-state index in [0.717, 1.165) is 76.2 Å². The van der Waals surface area contributed by atoms with Crippen LogP contribution in [0, 0.1) is 0 Å². The molecule has 196 valence electrons. The number of alkyl halides is 3. The van der Waals surface area contributed by atoms with Crippen molar-refractivity contribution in [2.45, 2.75) is 75.6 Å². The zero-order valence-corrected chi connectivity index (χ0v) is 21.3. The van der Waals surface area contributed by atoms with Crippen LogP contribution >= 0.6 is 0 Å². The maximum atomic E-state index is 13.1. The zero-order chi connectivity index (χ0) is 25.2. The quantitative estimate of drug-likeness (QED) is 0.338. The molecule has 0 spiro atoms. The van der Waals surface area contributed by atoms with Gasteiger partial charge in [-0.2, -0.15) is 17.5 Å². The molecular formula is C24H39F3N2O4S. The highest BCUT2D eigenvalue weighted by atomic mass is 32.2. The molecule has 0 radical (unpaired) electrons. The molecule has 0 heterocycles. The van der Waals surface area contributed by atoms with Gasteiger partial charge in [0.15, 0.2) is 0 Å². The summed E-state index contributed by atoms with van der Waals surface area (Å²) in [6.07, 6.45) is 0.577. The number of sulfonamides is 1. The molecule has 1 aliphatic carbocycles. The van der Waals surface area contributed by atoms with E-state index in [0.29, 0.717) is 19.4 Å². The Morgan fingerprint density at radius 2 is 1.59 bits per heavy atom. The predicted molar refractivity (Wildman–Crippen MR) is 126 cm³/mol. The van der Waals surface area contributed by atoms with Crippen molar-refractivity contribution in [2.75, 3.05) is 46.5 Å². The first kappa shape index (κ1) is 29.0. The Bertz CT molecular complexity index is 811. The topological polar surface area (TPSA) is 59.1 Å². The predicted octanol–water partition coefficient (Wildman–Crippen LogP) is 4.79. The Balaban J connectivity index is 1.80. The summed E-state index contributed by atoms with van der Waals surface area (Å²) in [4.78, 5) is 2.25. The highest BCUT2D eigenvalue weighted by Crippen LogP contribution is 2.32. The number of ether oxygens (including phenoxy) is 2. The van der Waals surface area contributed by atoms with Gasteiger partial charge in [-0.1, -0.05) is 13.8 Å². The minimum atomic E-state index is -4.50. The van der Waals surface area contributed by atoms with Crippen LogP contribution in [0.5, 0.6) is 0 Å². The number of nitrogens with zero attached hydrogens (tertiary/aromatic N) is 2. The Morgan fingerprint density at radius 3 is 2.12 bits per heavy atom. The summed E-state index contributed by atoms with van der Waals surface area (Å²) >= 11 is 0. The number of rotatable bonds is 14. The number of unbranched alkanes of at least 4 members (excludes halogenated alkanes) is 1. The van der Waals surface area contributed by atoms with Crippen molar-refractivity contribution in [3.63, 3.8) is 0 Å². The molecule has 10 heteroatoms. The molecule has 2 rings (SSSR count). The van der Waals surface area contributed by atoms with Crippen LogP contribution in [0.25, 0.3) is 0 Å². The van der Waals surface area contributed by atoms with E-state index < -0.39 is 21.8 Å². The van der Waals surface area contributed by atoms with Crippen molar-refractivity contribution in [1.82, 2.24) is 9.21 Å². The largest absolute Gasteiger partial charge is 0.416 e. The lowest BCUT2D eigenvalue weighted by Gasteiger charge is -2.35. The highest BCUT2D eigenvalue weighted by molar-refractivity contribution is 7.89. The van der Waals surface area contributed by atoms with Gasteiger partial charge in [-0.25, -0.2) is 8.42 Å². The third-order valence-electron chi connectivity index (χ3n) is 6.43. The van der Waals surface area contributed by atoms with Crippen LogP contribution in [-0.2, 0) is 25.7 Å². The molecule has 0 aliphatic heterocycles. The van der Waals surface area contributed by atoms with E-state index in [1.807, 2.05) is 0 Å². The first-order valence-electron chi connectivity index (χ1n) is 12.1. The van der Waals surface area contributed by atoms with Crippen LogP contribution in [0.2, 0.25) is 0 Å². The van der Waals surface area contributed by atoms with Crippen LogP contribution < -0.4 is 0 Å². The molecule has 1 aliphatic rings. The second kappa shape index (κ2) is 13.8. The van der Waals surface area contributed by atoms with Crippen molar-refractivity contribution in [2.24, 2.45) is 0 Å². The summed E-state index contributed by atoms with van der Waals surface area (Å²) in [5, 5.41) is 0. The first-order chi connectivity index (χ1) is 16.1. The van der Waals surface area contributed by atoms with Crippen molar-refractivity contribution >= 4 is 10.0 Å². The summed E-state index contributed by atoms with van der Waals surface area (Å²) in [5.74, 6) is 0. The van der Waals surface area contributed by atoms with Gasteiger partial charge in [-0.05, 0) is 75.9 Å². The van der Waals surface area contributed by atoms with E-state index in [1.165, 1.54) is 4.31 Å². The van der Waals surface area contributed by atoms with Crippen molar-refractivity contribution < 1.29 is 31.1 Å². The molecule has 1 saturated carbocycles. The molecule has 0 atom stereocenters. The Morgan fingerprint density at radius 1 is 0.941 bits per heavy atom. The normalized spacial score (nSPS) is 19.8. The third kappa shape index (κ3) is 8.48. The number of hydrogen-bond donors (Lipinski definition) is 0. The molecule has 0 aromatic heterocycles. The minimum Gasteiger partial charge on any atom is -0.383 e. The van der Waals surface area contributed by atoms with Gasteiger partial charge in [0.1, 0.15) is 0 Å². The Labute approximate surface area is 202 Å². The fourth-order valence-corrected chi connectivity index (χ4v) is 6.11. The summed E-state index contributed by atoms with van der Waals surface area (Å²) in [6.45, 7) is 8.55. The van der Waals surface area contributed by atoms with Crippen LogP contribution in [-0.4, -0.2) is 76.3 Å². The zero-order valence-electron chi connectivity index (χ0n) is 20.5. The van der Waals surface area contributed by atoms with Gasteiger partial charge in [0.2, 0.25) is 10.0 Å². The number of likely N-dealkylation sites (N-methyl/N-ethyl adjacent to an activating group) is 1. The molecule has 6 nitrogen and oxygen atoms in total. The van der Waals surface area contributed by atoms with Crippen LogP contribution in [0.4, 0.5) is 13.2 Å². The molecular weight excluding hydrogens is 469 g/mol. The molecule has 0 amide bonds. The number of halogens is 3. The summed E-state index contributed by atoms with van der Waals surface area (Å²) in [7, 11) is -2.15. The van der Waals surface area contributed by atoms with Crippen LogP contribution in [0.3, 0.4) is 0 Å². The van der Waals surface area contributed by atoms with E-state index in [1.54, 1.807) is 14.0 Å². The van der Waals surface area contributed by atoms with Gasteiger partial charge in [0.25, 0.3) is 0 Å². The van der Waals surface area contributed by atoms with Gasteiger partial charge in [0, 0.05) is 32.8 Å². The second-order valence-corrected chi connectivity index (χ2v) is 10.6. The second-order valence-electron chi connectivity index (χ2n) is 8.67. The van der Waals surface area contributed by atoms with Gasteiger partial charge >= 0.3 is 6.18 Å². The number of methoxy groups -OCH3 is 1. The summed E-state index contributed by atoms with van der Waals surface area (Å²) in [5.41, 5.74) is -0.857. The first-order valence-corrected chi connectivity index (χ1v) is 13.6. The fraction of sp³-hybridized carbons (Fsp3) is 0.750. The molecule has 34 heavy (non-hydrogen) atoms. The average Bonchev–Trinajstić information content (AvgIpc) is 2.81. The van der Waals surface area contributed by atoms with Crippen LogP contribution in [0.15, 0.2) is 29.2 Å². The van der Waals surface area contributed by atoms with Crippen molar-refractivity contribution in [3.8, 4) is 0 Å². The summed E-state index contributed by atoms with van der Waals surface area (Å²) in [6, 6.07) is 3.57. The van der Waals surface area contributed by atoms with E-state index in [4.69, 9.17) is 9.47 Å². The average molecular weight is 509 g/mol. The molecule has 0 saturated heterocycles.